The number of carboxylic acids is 1. The zero-order valence-corrected chi connectivity index (χ0v) is 6.05. The largest absolute Gasteiger partial charge is 0.540 e. The summed E-state index contributed by atoms with van der Waals surface area (Å²) in [6.07, 6.45) is 1.01. The molecule has 0 saturated heterocycles. The molecular weight excluding hydrogens is 166 g/mol. The van der Waals surface area contributed by atoms with E-state index in [9.17, 15) is 20.0 Å². The van der Waals surface area contributed by atoms with Gasteiger partial charge in [-0.15, -0.1) is 0 Å². The fourth-order valence-corrected chi connectivity index (χ4v) is 0.728. The molecule has 64 valence electrons. The summed E-state index contributed by atoms with van der Waals surface area (Å²) in [5.41, 5.74) is 0. The molecule has 1 heterocycles. The van der Waals surface area contributed by atoms with Crippen LogP contribution in [0, 0.1) is 10.1 Å². The van der Waals surface area contributed by atoms with Gasteiger partial charge in [-0.2, -0.15) is 0 Å². The first-order valence-corrected chi connectivity index (χ1v) is 2.91. The van der Waals surface area contributed by atoms with Crippen LogP contribution in [-0.2, 0) is 7.05 Å². The maximum Gasteiger partial charge on any atom is 0.382 e. The van der Waals surface area contributed by atoms with Gasteiger partial charge in [0.25, 0.3) is 5.82 Å². The molecule has 7 nitrogen and oxygen atoms in total. The summed E-state index contributed by atoms with van der Waals surface area (Å²) < 4.78 is 1.02. The predicted octanol–water partition coefficient (Wildman–Crippen LogP) is -1.31. The molecule has 0 bridgehead atoms. The normalized spacial score (nSPS) is 9.75. The summed E-state index contributed by atoms with van der Waals surface area (Å²) >= 11 is 0. The van der Waals surface area contributed by atoms with Crippen LogP contribution in [0.5, 0.6) is 0 Å². The number of rotatable bonds is 2. The number of carbonyl (C=O) groups is 1. The van der Waals surface area contributed by atoms with Crippen molar-refractivity contribution in [2.75, 3.05) is 0 Å². The number of hydrogen-bond donors (Lipinski definition) is 0. The van der Waals surface area contributed by atoms with Crippen molar-refractivity contribution in [3.63, 3.8) is 0 Å². The Morgan fingerprint density at radius 2 is 2.33 bits per heavy atom. The number of hydrogen-bond acceptors (Lipinski definition) is 5. The Hall–Kier alpha value is -1.92. The lowest BCUT2D eigenvalue weighted by Crippen LogP contribution is -2.25. The van der Waals surface area contributed by atoms with Crippen LogP contribution in [0.1, 0.15) is 10.6 Å². The van der Waals surface area contributed by atoms with E-state index in [1.807, 2.05) is 0 Å². The van der Waals surface area contributed by atoms with Gasteiger partial charge >= 0.3 is 5.82 Å². The van der Waals surface area contributed by atoms with Crippen molar-refractivity contribution in [3.8, 4) is 0 Å². The summed E-state index contributed by atoms with van der Waals surface area (Å²) in [6, 6.07) is 0. The van der Waals surface area contributed by atoms with Crippen molar-refractivity contribution < 1.29 is 14.8 Å². The molecule has 1 aromatic rings. The second kappa shape index (κ2) is 2.61. The molecule has 0 aromatic carbocycles. The lowest BCUT2D eigenvalue weighted by Gasteiger charge is -1.93. The SMILES string of the molecule is Cn1cc([N+](=O)[O-])nc1C(=O)[O-]. The first-order valence-electron chi connectivity index (χ1n) is 2.91. The van der Waals surface area contributed by atoms with Gasteiger partial charge in [0, 0.05) is 7.05 Å². The van der Waals surface area contributed by atoms with Crippen LogP contribution in [0.25, 0.3) is 0 Å². The van der Waals surface area contributed by atoms with Crippen LogP contribution in [0.3, 0.4) is 0 Å². The quantitative estimate of drug-likeness (QED) is 0.405. The van der Waals surface area contributed by atoms with Crippen LogP contribution in [0.2, 0.25) is 0 Å². The molecule has 0 N–H and O–H groups in total. The minimum absolute atomic E-state index is 0.457. The molecule has 0 fully saturated rings. The van der Waals surface area contributed by atoms with Crippen LogP contribution in [0.15, 0.2) is 6.20 Å². The van der Waals surface area contributed by atoms with E-state index < -0.39 is 22.5 Å². The van der Waals surface area contributed by atoms with Crippen LogP contribution >= 0.6 is 0 Å². The van der Waals surface area contributed by atoms with Crippen molar-refractivity contribution in [2.24, 2.45) is 7.05 Å². The average Bonchev–Trinajstić information content (AvgIpc) is 2.30. The molecule has 1 aromatic heterocycles. The highest BCUT2D eigenvalue weighted by Gasteiger charge is 2.16. The van der Waals surface area contributed by atoms with Gasteiger partial charge in [0.1, 0.15) is 12.2 Å². The monoisotopic (exact) mass is 170 g/mol. The Bertz CT molecular complexity index is 342. The second-order valence-corrected chi connectivity index (χ2v) is 2.08. The Kier molecular flexibility index (Phi) is 1.78. The van der Waals surface area contributed by atoms with Crippen LogP contribution < -0.4 is 5.11 Å². The zero-order valence-electron chi connectivity index (χ0n) is 6.05. The lowest BCUT2D eigenvalue weighted by atomic mass is 10.6. The molecule has 0 aliphatic carbocycles. The van der Waals surface area contributed by atoms with Crippen LogP contribution in [0.4, 0.5) is 5.82 Å². The second-order valence-electron chi connectivity index (χ2n) is 2.08. The standard InChI is InChI=1S/C5H5N3O4/c1-7-2-3(8(11)12)6-4(7)5(9)10/h2H,1H3,(H,9,10)/p-1. The number of aromatic nitrogens is 2. The van der Waals surface area contributed by atoms with E-state index in [4.69, 9.17) is 0 Å². The van der Waals surface area contributed by atoms with E-state index in [-0.39, 0.29) is 0 Å². The summed E-state index contributed by atoms with van der Waals surface area (Å²) in [6.45, 7) is 0. The third-order valence-corrected chi connectivity index (χ3v) is 1.23. The van der Waals surface area contributed by atoms with E-state index in [1.54, 1.807) is 0 Å². The summed E-state index contributed by atoms with van der Waals surface area (Å²) in [5, 5.41) is 20.3. The smallest absolute Gasteiger partial charge is 0.382 e. The van der Waals surface area contributed by atoms with E-state index in [1.165, 1.54) is 7.05 Å². The minimum atomic E-state index is -1.54. The molecule has 0 aliphatic rings. The number of aryl methyl sites for hydroxylation is 1. The molecule has 0 spiro atoms. The molecule has 1 rings (SSSR count). The van der Waals surface area contributed by atoms with Gasteiger partial charge < -0.3 is 24.6 Å². The van der Waals surface area contributed by atoms with Gasteiger partial charge in [-0.05, 0) is 9.91 Å². The number of nitro groups is 1. The lowest BCUT2D eigenvalue weighted by molar-refractivity contribution is -0.389. The highest BCUT2D eigenvalue weighted by atomic mass is 16.6. The Morgan fingerprint density at radius 1 is 1.75 bits per heavy atom. The predicted molar refractivity (Wildman–Crippen MR) is 34.2 cm³/mol. The molecule has 0 atom stereocenters. The molecule has 12 heavy (non-hydrogen) atoms. The zero-order chi connectivity index (χ0) is 9.30. The molecule has 0 aliphatic heterocycles. The third-order valence-electron chi connectivity index (χ3n) is 1.23. The topological polar surface area (TPSA) is 101 Å². The number of carboxylic acid groups (broad SMARTS) is 1. The molecule has 0 radical (unpaired) electrons. The maximum atomic E-state index is 10.2. The van der Waals surface area contributed by atoms with E-state index in [0.29, 0.717) is 0 Å². The first-order chi connectivity index (χ1) is 5.52. The number of aromatic carboxylic acids is 1. The number of carbonyl (C=O) groups excluding carboxylic acids is 1. The molecule has 0 unspecified atom stereocenters. The highest BCUT2D eigenvalue weighted by molar-refractivity contribution is 5.81. The average molecular weight is 170 g/mol. The Balaban J connectivity index is 3.17. The molecular formula is C5H4N3O4-. The summed E-state index contributed by atoms with van der Waals surface area (Å²) in [5.74, 6) is -2.50. The van der Waals surface area contributed by atoms with Crippen molar-refractivity contribution in [1.29, 1.82) is 0 Å². The van der Waals surface area contributed by atoms with Crippen molar-refractivity contribution in [1.82, 2.24) is 9.55 Å². The van der Waals surface area contributed by atoms with Gasteiger partial charge in [-0.1, -0.05) is 0 Å². The third kappa shape index (κ3) is 1.24. The number of imidazole rings is 1. The summed E-state index contributed by atoms with van der Waals surface area (Å²) in [4.78, 5) is 22.8. The fraction of sp³-hybridized carbons (Fsp3) is 0.200. The summed E-state index contributed by atoms with van der Waals surface area (Å²) in [7, 11) is 1.34. The van der Waals surface area contributed by atoms with Gasteiger partial charge in [0.15, 0.2) is 0 Å². The van der Waals surface area contributed by atoms with Gasteiger partial charge in [0.05, 0.1) is 0 Å². The Labute approximate surface area is 66.4 Å². The van der Waals surface area contributed by atoms with Crippen molar-refractivity contribution in [2.45, 2.75) is 0 Å². The van der Waals surface area contributed by atoms with Gasteiger partial charge in [0.2, 0.25) is 0 Å². The van der Waals surface area contributed by atoms with E-state index >= 15 is 0 Å². The minimum Gasteiger partial charge on any atom is -0.540 e. The first kappa shape index (κ1) is 8.18. The van der Waals surface area contributed by atoms with Crippen molar-refractivity contribution >= 4 is 11.8 Å². The molecule has 0 saturated carbocycles. The van der Waals surface area contributed by atoms with Crippen molar-refractivity contribution in [3.05, 3.63) is 22.1 Å². The highest BCUT2D eigenvalue weighted by Crippen LogP contribution is 2.08. The molecule has 0 amide bonds. The Morgan fingerprint density at radius 3 is 2.58 bits per heavy atom. The van der Waals surface area contributed by atoms with Gasteiger partial charge in [-0.3, -0.25) is 0 Å². The van der Waals surface area contributed by atoms with Gasteiger partial charge in [-0.25, -0.2) is 0 Å². The molecule has 7 heteroatoms. The maximum absolute atomic E-state index is 10.2. The van der Waals surface area contributed by atoms with E-state index in [0.717, 1.165) is 10.8 Å². The van der Waals surface area contributed by atoms with E-state index in [2.05, 4.69) is 4.98 Å². The van der Waals surface area contributed by atoms with Crippen LogP contribution in [-0.4, -0.2) is 20.4 Å². The fourth-order valence-electron chi connectivity index (χ4n) is 0.728. The number of nitrogens with zero attached hydrogens (tertiary/aromatic N) is 3.